The third-order valence-electron chi connectivity index (χ3n) is 5.05. The van der Waals surface area contributed by atoms with Crippen molar-refractivity contribution < 1.29 is 0 Å². The minimum Gasteiger partial charge on any atom is -0.307 e. The fourth-order valence-corrected chi connectivity index (χ4v) is 3.84. The first-order chi connectivity index (χ1) is 11.6. The van der Waals surface area contributed by atoms with Gasteiger partial charge in [0, 0.05) is 33.7 Å². The first kappa shape index (κ1) is 13.5. The molecule has 3 nitrogen and oxygen atoms in total. The zero-order chi connectivity index (χ0) is 16.6. The highest BCUT2D eigenvalue weighted by Gasteiger charge is 2.18. The number of fused-ring (bicyclic) bond motifs is 3. The van der Waals surface area contributed by atoms with Crippen LogP contribution in [0.4, 0.5) is 0 Å². The van der Waals surface area contributed by atoms with Crippen LogP contribution in [0.25, 0.3) is 38.1 Å². The van der Waals surface area contributed by atoms with E-state index < -0.39 is 0 Å². The van der Waals surface area contributed by atoms with Gasteiger partial charge in [-0.15, -0.1) is 0 Å². The predicted octanol–water partition coefficient (Wildman–Crippen LogP) is 4.12. The summed E-state index contributed by atoms with van der Waals surface area (Å²) in [4.78, 5) is 25.5. The Hall–Kier alpha value is -2.94. The van der Waals surface area contributed by atoms with Crippen LogP contribution in [0.2, 0.25) is 0 Å². The zero-order valence-corrected chi connectivity index (χ0v) is 13.5. The molecule has 0 fully saturated rings. The largest absolute Gasteiger partial charge is 0.307 e. The van der Waals surface area contributed by atoms with Gasteiger partial charge in [0.1, 0.15) is 0 Å². The van der Waals surface area contributed by atoms with Crippen LogP contribution in [0, 0.1) is 0 Å². The summed E-state index contributed by atoms with van der Waals surface area (Å²) in [5.41, 5.74) is 3.48. The second-order valence-corrected chi connectivity index (χ2v) is 6.79. The van der Waals surface area contributed by atoms with Gasteiger partial charge in [0.05, 0.1) is 16.6 Å². The fourth-order valence-electron chi connectivity index (χ4n) is 3.84. The molecule has 0 spiro atoms. The Morgan fingerprint density at radius 3 is 1.71 bits per heavy atom. The van der Waals surface area contributed by atoms with Gasteiger partial charge in [0.15, 0.2) is 10.9 Å². The van der Waals surface area contributed by atoms with Crippen molar-refractivity contribution in [3.63, 3.8) is 0 Å². The molecular weight excluding hydrogens is 298 g/mol. The number of pyridine rings is 2. The topological polar surface area (TPSA) is 38.5 Å². The van der Waals surface area contributed by atoms with E-state index in [2.05, 4.69) is 18.2 Å². The highest BCUT2D eigenvalue weighted by molar-refractivity contribution is 6.13. The first-order valence-corrected chi connectivity index (χ1v) is 8.16. The Balaban J connectivity index is 2.21. The molecule has 3 aromatic heterocycles. The van der Waals surface area contributed by atoms with E-state index in [0.29, 0.717) is 10.8 Å². The lowest BCUT2D eigenvalue weighted by molar-refractivity contribution is 0.869. The molecule has 5 aromatic rings. The predicted molar refractivity (Wildman–Crippen MR) is 98.9 cm³/mol. The summed E-state index contributed by atoms with van der Waals surface area (Å²) in [5, 5.41) is 3.28. The number of rotatable bonds is 1. The van der Waals surface area contributed by atoms with Crippen molar-refractivity contribution in [1.29, 1.82) is 0 Å². The van der Waals surface area contributed by atoms with Gasteiger partial charge in [-0.1, -0.05) is 38.1 Å². The first-order valence-electron chi connectivity index (χ1n) is 8.16. The van der Waals surface area contributed by atoms with Crippen molar-refractivity contribution in [2.45, 2.75) is 19.8 Å². The number of benzene rings is 2. The number of nitrogens with zero attached hydrogens (tertiary/aromatic N) is 1. The van der Waals surface area contributed by atoms with Crippen LogP contribution in [-0.4, -0.2) is 4.40 Å². The Kier molecular flexibility index (Phi) is 2.43. The lowest BCUT2D eigenvalue weighted by atomic mass is 9.98. The molecule has 0 radical (unpaired) electrons. The Labute approximate surface area is 137 Å². The third-order valence-corrected chi connectivity index (χ3v) is 5.05. The number of hydrogen-bond acceptors (Lipinski definition) is 2. The molecule has 0 atom stereocenters. The van der Waals surface area contributed by atoms with E-state index in [-0.39, 0.29) is 16.8 Å². The normalized spacial score (nSPS) is 12.5. The van der Waals surface area contributed by atoms with Crippen molar-refractivity contribution in [1.82, 2.24) is 4.40 Å². The van der Waals surface area contributed by atoms with Gasteiger partial charge in [-0.25, -0.2) is 0 Å². The second kappa shape index (κ2) is 4.32. The van der Waals surface area contributed by atoms with Crippen LogP contribution < -0.4 is 10.9 Å². The second-order valence-electron chi connectivity index (χ2n) is 6.79. The maximum absolute atomic E-state index is 12.8. The lowest BCUT2D eigenvalue weighted by Gasteiger charge is -2.12. The summed E-state index contributed by atoms with van der Waals surface area (Å²) >= 11 is 0. The molecule has 116 valence electrons. The van der Waals surface area contributed by atoms with Crippen LogP contribution in [0.1, 0.15) is 25.3 Å². The highest BCUT2D eigenvalue weighted by atomic mass is 16.1. The van der Waals surface area contributed by atoms with Gasteiger partial charge in [-0.05, 0) is 23.6 Å². The van der Waals surface area contributed by atoms with Crippen molar-refractivity contribution in [2.75, 3.05) is 0 Å². The average molecular weight is 313 g/mol. The van der Waals surface area contributed by atoms with E-state index in [9.17, 15) is 9.59 Å². The molecule has 0 N–H and O–H groups in total. The molecule has 5 rings (SSSR count). The van der Waals surface area contributed by atoms with Crippen LogP contribution in [0.15, 0.2) is 58.1 Å². The lowest BCUT2D eigenvalue weighted by Crippen LogP contribution is -2.11. The van der Waals surface area contributed by atoms with E-state index in [0.717, 1.165) is 32.9 Å². The standard InChI is InChI=1S/C21H15NO2/c1-11(2)12-7-15-19(23)9-17-13-5-3-4-6-14(13)18-10-20(24)16(8-12)21(15)22(17)18/h3-11H,1-2H3. The van der Waals surface area contributed by atoms with Gasteiger partial charge in [0.2, 0.25) is 0 Å². The van der Waals surface area contributed by atoms with Crippen molar-refractivity contribution in [3.8, 4) is 0 Å². The molecule has 2 aromatic carbocycles. The quantitative estimate of drug-likeness (QED) is 0.467. The summed E-state index contributed by atoms with van der Waals surface area (Å²) in [6.07, 6.45) is 0. The summed E-state index contributed by atoms with van der Waals surface area (Å²) in [5.74, 6) is 0.263. The Morgan fingerprint density at radius 1 is 0.750 bits per heavy atom. The van der Waals surface area contributed by atoms with Crippen molar-refractivity contribution in [2.24, 2.45) is 0 Å². The third kappa shape index (κ3) is 1.51. The van der Waals surface area contributed by atoms with Gasteiger partial charge in [-0.3, -0.25) is 9.59 Å². The minimum absolute atomic E-state index is 0.0225. The molecule has 0 unspecified atom stereocenters. The molecule has 0 saturated heterocycles. The van der Waals surface area contributed by atoms with Gasteiger partial charge >= 0.3 is 0 Å². The van der Waals surface area contributed by atoms with Gasteiger partial charge < -0.3 is 4.40 Å². The Morgan fingerprint density at radius 2 is 1.25 bits per heavy atom. The molecule has 0 aliphatic carbocycles. The smallest absolute Gasteiger partial charge is 0.190 e. The fraction of sp³-hybridized carbons (Fsp3) is 0.143. The van der Waals surface area contributed by atoms with E-state index in [1.54, 1.807) is 12.1 Å². The molecular formula is C21H15NO2. The van der Waals surface area contributed by atoms with E-state index in [1.165, 1.54) is 0 Å². The van der Waals surface area contributed by atoms with Crippen LogP contribution in [-0.2, 0) is 0 Å². The van der Waals surface area contributed by atoms with Crippen LogP contribution in [0.3, 0.4) is 0 Å². The van der Waals surface area contributed by atoms with Crippen LogP contribution in [0.5, 0.6) is 0 Å². The molecule has 0 saturated carbocycles. The molecule has 0 amide bonds. The van der Waals surface area contributed by atoms with Crippen LogP contribution >= 0.6 is 0 Å². The molecule has 3 heteroatoms. The van der Waals surface area contributed by atoms with Gasteiger partial charge in [0.25, 0.3) is 0 Å². The summed E-state index contributed by atoms with van der Waals surface area (Å²) in [6, 6.07) is 15.2. The average Bonchev–Trinajstić information content (AvgIpc) is 2.88. The molecule has 24 heavy (non-hydrogen) atoms. The summed E-state index contributed by atoms with van der Waals surface area (Å²) in [6.45, 7) is 4.15. The van der Waals surface area contributed by atoms with E-state index in [1.807, 2.05) is 36.4 Å². The number of hydrogen-bond donors (Lipinski definition) is 0. The minimum atomic E-state index is -0.0225. The molecule has 0 bridgehead atoms. The molecule has 0 aliphatic rings. The van der Waals surface area contributed by atoms with E-state index in [4.69, 9.17) is 0 Å². The summed E-state index contributed by atoms with van der Waals surface area (Å²) in [7, 11) is 0. The maximum Gasteiger partial charge on any atom is 0.190 e. The van der Waals surface area contributed by atoms with Crippen molar-refractivity contribution in [3.05, 3.63) is 74.5 Å². The van der Waals surface area contributed by atoms with Crippen molar-refractivity contribution >= 4 is 38.1 Å². The maximum atomic E-state index is 12.8. The van der Waals surface area contributed by atoms with Gasteiger partial charge in [-0.2, -0.15) is 0 Å². The zero-order valence-electron chi connectivity index (χ0n) is 13.5. The molecule has 3 heterocycles. The summed E-state index contributed by atoms with van der Waals surface area (Å²) < 4.78 is 2.07. The SMILES string of the molecule is CC(C)c1cc2c(=O)cc3c4ccccc4c4cc(=O)c(c1)c2n34. The van der Waals surface area contributed by atoms with E-state index >= 15 is 0 Å². The number of aromatic nitrogens is 1. The molecule has 0 aliphatic heterocycles. The Bertz CT molecular complexity index is 1270. The monoisotopic (exact) mass is 313 g/mol. The highest BCUT2D eigenvalue weighted by Crippen LogP contribution is 2.33.